The molecule has 0 amide bonds. The average Bonchev–Trinajstić information content (AvgIpc) is 3.08. The van der Waals surface area contributed by atoms with Crippen LogP contribution < -0.4 is 4.74 Å². The van der Waals surface area contributed by atoms with Crippen molar-refractivity contribution in [2.45, 2.75) is 26.3 Å². The molecule has 5 nitrogen and oxygen atoms in total. The Labute approximate surface area is 170 Å². The van der Waals surface area contributed by atoms with Gasteiger partial charge < -0.3 is 14.3 Å². The number of carboxylic acid groups (broad SMARTS) is 1. The summed E-state index contributed by atoms with van der Waals surface area (Å²) in [6.07, 6.45) is 1.87. The summed E-state index contributed by atoms with van der Waals surface area (Å²) in [5.74, 6) is 1.53. The van der Waals surface area contributed by atoms with Crippen LogP contribution in [0.15, 0.2) is 59.0 Å². The molecule has 0 atom stereocenters. The van der Waals surface area contributed by atoms with Gasteiger partial charge >= 0.3 is 5.97 Å². The van der Waals surface area contributed by atoms with Crippen molar-refractivity contribution in [3.8, 4) is 17.1 Å². The number of ether oxygens (including phenoxy) is 1. The van der Waals surface area contributed by atoms with E-state index in [1.165, 1.54) is 16.7 Å². The Morgan fingerprint density at radius 3 is 2.55 bits per heavy atom. The van der Waals surface area contributed by atoms with Gasteiger partial charge in [-0.2, -0.15) is 0 Å². The van der Waals surface area contributed by atoms with Crippen LogP contribution in [0, 0.1) is 6.92 Å². The lowest BCUT2D eigenvalue weighted by molar-refractivity contribution is -0.139. The summed E-state index contributed by atoms with van der Waals surface area (Å²) in [7, 11) is 0. The Bertz CT molecular complexity index is 990. The SMILES string of the molecule is Cc1ccc(-c2ccc(CN3CCc4ccc(OCC(=O)O)cc4CC3)o2)cc1. The predicted molar refractivity (Wildman–Crippen MR) is 111 cm³/mol. The van der Waals surface area contributed by atoms with Crippen molar-refractivity contribution >= 4 is 5.97 Å². The third-order valence-corrected chi connectivity index (χ3v) is 5.31. The molecule has 1 aliphatic rings. The fourth-order valence-electron chi connectivity index (χ4n) is 3.70. The van der Waals surface area contributed by atoms with Gasteiger partial charge in [0.2, 0.25) is 0 Å². The quantitative estimate of drug-likeness (QED) is 0.678. The molecule has 2 aromatic carbocycles. The lowest BCUT2D eigenvalue weighted by Crippen LogP contribution is -2.25. The molecule has 0 radical (unpaired) electrons. The Morgan fingerprint density at radius 1 is 1.03 bits per heavy atom. The molecule has 0 spiro atoms. The number of nitrogens with zero attached hydrogens (tertiary/aromatic N) is 1. The van der Waals surface area contributed by atoms with Crippen LogP contribution in [0.3, 0.4) is 0 Å². The standard InChI is InChI=1S/C24H25NO4/c1-17-2-4-19(5-3-17)23-9-8-22(29-23)15-25-12-10-18-6-7-21(28-16-24(26)27)14-20(18)11-13-25/h2-9,14H,10-13,15-16H2,1H3,(H,26,27). The number of hydrogen-bond donors (Lipinski definition) is 1. The van der Waals surface area contributed by atoms with Gasteiger partial charge in [0.15, 0.2) is 6.61 Å². The fraction of sp³-hybridized carbons (Fsp3) is 0.292. The molecule has 29 heavy (non-hydrogen) atoms. The molecule has 2 heterocycles. The van der Waals surface area contributed by atoms with Gasteiger partial charge in [-0.1, -0.05) is 35.9 Å². The van der Waals surface area contributed by atoms with Gasteiger partial charge in [-0.25, -0.2) is 4.79 Å². The van der Waals surface area contributed by atoms with Gasteiger partial charge in [-0.05, 0) is 55.2 Å². The zero-order valence-electron chi connectivity index (χ0n) is 16.6. The third-order valence-electron chi connectivity index (χ3n) is 5.31. The molecule has 0 bridgehead atoms. The van der Waals surface area contributed by atoms with E-state index in [1.807, 2.05) is 18.2 Å². The maximum Gasteiger partial charge on any atom is 0.341 e. The topological polar surface area (TPSA) is 62.9 Å². The van der Waals surface area contributed by atoms with E-state index in [1.54, 1.807) is 0 Å². The number of fused-ring (bicyclic) bond motifs is 1. The van der Waals surface area contributed by atoms with Crippen LogP contribution in [-0.2, 0) is 24.2 Å². The summed E-state index contributed by atoms with van der Waals surface area (Å²) < 4.78 is 11.4. The minimum atomic E-state index is -0.963. The van der Waals surface area contributed by atoms with E-state index in [-0.39, 0.29) is 6.61 Å². The Kier molecular flexibility index (Phi) is 5.67. The molecule has 0 saturated heterocycles. The molecule has 0 saturated carbocycles. The molecule has 1 aliphatic heterocycles. The minimum absolute atomic E-state index is 0.313. The van der Waals surface area contributed by atoms with Crippen LogP contribution in [0.1, 0.15) is 22.5 Å². The summed E-state index contributed by atoms with van der Waals surface area (Å²) in [4.78, 5) is 13.1. The maximum absolute atomic E-state index is 10.7. The molecule has 1 aromatic heterocycles. The highest BCUT2D eigenvalue weighted by molar-refractivity contribution is 5.68. The largest absolute Gasteiger partial charge is 0.482 e. The molecule has 0 unspecified atom stereocenters. The summed E-state index contributed by atoms with van der Waals surface area (Å²) in [6.45, 7) is 4.43. The average molecular weight is 391 g/mol. The molecule has 4 rings (SSSR count). The second kappa shape index (κ2) is 8.53. The number of aryl methyl sites for hydroxylation is 1. The van der Waals surface area contributed by atoms with Gasteiger partial charge in [0.1, 0.15) is 17.3 Å². The number of hydrogen-bond acceptors (Lipinski definition) is 4. The van der Waals surface area contributed by atoms with Gasteiger partial charge in [0.05, 0.1) is 6.54 Å². The minimum Gasteiger partial charge on any atom is -0.482 e. The highest BCUT2D eigenvalue weighted by Crippen LogP contribution is 2.25. The fourth-order valence-corrected chi connectivity index (χ4v) is 3.70. The number of carboxylic acids is 1. The molecule has 1 N–H and O–H groups in total. The lowest BCUT2D eigenvalue weighted by Gasteiger charge is -2.18. The van der Waals surface area contributed by atoms with Crippen molar-refractivity contribution in [1.82, 2.24) is 4.90 Å². The zero-order chi connectivity index (χ0) is 20.2. The van der Waals surface area contributed by atoms with Crippen LogP contribution in [0.5, 0.6) is 5.75 Å². The number of carbonyl (C=O) groups is 1. The molecular formula is C24H25NO4. The molecule has 0 aliphatic carbocycles. The van der Waals surface area contributed by atoms with Crippen molar-refractivity contribution in [2.75, 3.05) is 19.7 Å². The molecular weight excluding hydrogens is 366 g/mol. The van der Waals surface area contributed by atoms with E-state index in [2.05, 4.69) is 48.2 Å². The Hall–Kier alpha value is -3.05. The molecule has 150 valence electrons. The van der Waals surface area contributed by atoms with E-state index >= 15 is 0 Å². The van der Waals surface area contributed by atoms with Crippen LogP contribution in [0.25, 0.3) is 11.3 Å². The first-order valence-electron chi connectivity index (χ1n) is 9.91. The van der Waals surface area contributed by atoms with E-state index in [0.717, 1.165) is 49.6 Å². The van der Waals surface area contributed by atoms with E-state index in [9.17, 15) is 4.79 Å². The van der Waals surface area contributed by atoms with Gasteiger partial charge in [0, 0.05) is 18.7 Å². The van der Waals surface area contributed by atoms with Crippen molar-refractivity contribution in [2.24, 2.45) is 0 Å². The first-order valence-corrected chi connectivity index (χ1v) is 9.91. The van der Waals surface area contributed by atoms with Gasteiger partial charge in [-0.15, -0.1) is 0 Å². The van der Waals surface area contributed by atoms with Gasteiger partial charge in [-0.3, -0.25) is 4.90 Å². The second-order valence-electron chi connectivity index (χ2n) is 7.52. The molecule has 0 fully saturated rings. The summed E-state index contributed by atoms with van der Waals surface area (Å²) in [5.41, 5.74) is 4.87. The number of benzene rings is 2. The highest BCUT2D eigenvalue weighted by Gasteiger charge is 2.16. The Balaban J connectivity index is 1.39. The first-order chi connectivity index (χ1) is 14.1. The van der Waals surface area contributed by atoms with Gasteiger partial charge in [0.25, 0.3) is 0 Å². The van der Waals surface area contributed by atoms with E-state index < -0.39 is 5.97 Å². The van der Waals surface area contributed by atoms with Crippen LogP contribution in [0.4, 0.5) is 0 Å². The summed E-state index contributed by atoms with van der Waals surface area (Å²) >= 11 is 0. The number of furan rings is 1. The second-order valence-corrected chi connectivity index (χ2v) is 7.52. The van der Waals surface area contributed by atoms with Crippen LogP contribution in [0.2, 0.25) is 0 Å². The summed E-state index contributed by atoms with van der Waals surface area (Å²) in [5, 5.41) is 8.78. The number of aliphatic carboxylic acids is 1. The van der Waals surface area contributed by atoms with Crippen LogP contribution >= 0.6 is 0 Å². The summed E-state index contributed by atoms with van der Waals surface area (Å²) in [6, 6.07) is 18.4. The first kappa shape index (κ1) is 19.3. The Morgan fingerprint density at radius 2 is 1.79 bits per heavy atom. The predicted octanol–water partition coefficient (Wildman–Crippen LogP) is 4.32. The maximum atomic E-state index is 10.7. The lowest BCUT2D eigenvalue weighted by atomic mass is 10.0. The van der Waals surface area contributed by atoms with Crippen molar-refractivity contribution in [1.29, 1.82) is 0 Å². The number of rotatable bonds is 6. The third kappa shape index (κ3) is 4.87. The molecule has 3 aromatic rings. The monoisotopic (exact) mass is 391 g/mol. The highest BCUT2D eigenvalue weighted by atomic mass is 16.5. The normalized spacial score (nSPS) is 14.2. The van der Waals surface area contributed by atoms with Crippen molar-refractivity contribution in [3.05, 3.63) is 77.0 Å². The van der Waals surface area contributed by atoms with Crippen LogP contribution in [-0.4, -0.2) is 35.7 Å². The zero-order valence-corrected chi connectivity index (χ0v) is 16.6. The van der Waals surface area contributed by atoms with Crippen molar-refractivity contribution < 1.29 is 19.1 Å². The van der Waals surface area contributed by atoms with E-state index in [4.69, 9.17) is 14.3 Å². The van der Waals surface area contributed by atoms with E-state index in [0.29, 0.717) is 5.75 Å². The molecule has 5 heteroatoms. The van der Waals surface area contributed by atoms with Crippen molar-refractivity contribution in [3.63, 3.8) is 0 Å². The smallest absolute Gasteiger partial charge is 0.341 e.